The molecule has 2 bridgehead atoms. The average molecular weight is 374 g/mol. The molecule has 4 rings (SSSR count). The van der Waals surface area contributed by atoms with Gasteiger partial charge in [0.2, 0.25) is 0 Å². The Hall–Kier alpha value is -3.16. The first kappa shape index (κ1) is 17.3. The first-order valence-electron chi connectivity index (χ1n) is 8.29. The Morgan fingerprint density at radius 3 is 2.78 bits per heavy atom. The van der Waals surface area contributed by atoms with Gasteiger partial charge in [-0.3, -0.25) is 4.90 Å². The normalized spacial score (nSPS) is 23.2. The molecule has 0 aromatic heterocycles. The second-order valence-corrected chi connectivity index (χ2v) is 6.66. The molecule has 1 fully saturated rings. The van der Waals surface area contributed by atoms with Crippen LogP contribution in [0.3, 0.4) is 0 Å². The van der Waals surface area contributed by atoms with Crippen LogP contribution in [0.2, 0.25) is 0 Å². The molecular weight excluding hydrogens is 358 g/mol. The largest absolute Gasteiger partial charge is 0.467 e. The van der Waals surface area contributed by atoms with Gasteiger partial charge in [-0.25, -0.2) is 18.4 Å². The van der Waals surface area contributed by atoms with Crippen LogP contribution in [0.1, 0.15) is 35.3 Å². The fourth-order valence-corrected chi connectivity index (χ4v) is 3.65. The third kappa shape index (κ3) is 2.68. The Balaban J connectivity index is 1.77. The van der Waals surface area contributed by atoms with Gasteiger partial charge in [0.05, 0.1) is 24.4 Å². The number of halogens is 2. The van der Waals surface area contributed by atoms with Gasteiger partial charge in [0.1, 0.15) is 17.4 Å². The van der Waals surface area contributed by atoms with E-state index in [0.717, 1.165) is 17.0 Å². The van der Waals surface area contributed by atoms with Crippen LogP contribution in [0, 0.1) is 11.6 Å². The summed E-state index contributed by atoms with van der Waals surface area (Å²) in [4.78, 5) is 25.6. The van der Waals surface area contributed by atoms with Crippen molar-refractivity contribution in [3.63, 3.8) is 0 Å². The summed E-state index contributed by atoms with van der Waals surface area (Å²) in [6.07, 6.45) is 0.313. The third-order valence-corrected chi connectivity index (χ3v) is 4.84. The lowest BCUT2D eigenvalue weighted by Gasteiger charge is -2.50. The molecule has 0 spiro atoms. The summed E-state index contributed by atoms with van der Waals surface area (Å²) in [5.41, 5.74) is -0.275. The number of esters is 1. The molecule has 140 valence electrons. The lowest BCUT2D eigenvalue weighted by atomic mass is 9.89. The van der Waals surface area contributed by atoms with E-state index in [2.05, 4.69) is 5.32 Å². The molecule has 0 radical (unpaired) electrons. The molecule has 8 heteroatoms. The number of fused-ring (bicyclic) bond motifs is 4. The van der Waals surface area contributed by atoms with Crippen LogP contribution < -0.4 is 15.0 Å². The molecular formula is C19H16F2N2O4. The zero-order valence-electron chi connectivity index (χ0n) is 14.6. The van der Waals surface area contributed by atoms with E-state index in [0.29, 0.717) is 23.3 Å². The van der Waals surface area contributed by atoms with Crippen molar-refractivity contribution < 1.29 is 27.8 Å². The van der Waals surface area contributed by atoms with Crippen molar-refractivity contribution in [2.45, 2.75) is 25.1 Å². The number of benzene rings is 2. The number of rotatable bonds is 2. The molecule has 6 nitrogen and oxygen atoms in total. The standard InChI is InChI=1S/C19H16F2N2O4/c1-19-9-14(12-7-10(17(24)26-2)3-6-16(12)27-19)22-18(25)23(19)15-5-4-11(20)8-13(15)21/h3-8,14H,9H2,1-2H3,(H,22,25)/t14-,19-/m0/s1. The van der Waals surface area contributed by atoms with Crippen LogP contribution in [0.5, 0.6) is 5.75 Å². The Bertz CT molecular complexity index is 965. The topological polar surface area (TPSA) is 67.9 Å². The highest BCUT2D eigenvalue weighted by Crippen LogP contribution is 2.46. The van der Waals surface area contributed by atoms with Gasteiger partial charge in [0, 0.05) is 18.1 Å². The molecule has 2 atom stereocenters. The first-order chi connectivity index (χ1) is 12.8. The molecule has 2 heterocycles. The molecule has 2 aromatic carbocycles. The second-order valence-electron chi connectivity index (χ2n) is 6.66. The maximum atomic E-state index is 14.3. The van der Waals surface area contributed by atoms with Crippen LogP contribution in [0.15, 0.2) is 36.4 Å². The van der Waals surface area contributed by atoms with Crippen LogP contribution in [0.4, 0.5) is 19.3 Å². The smallest absolute Gasteiger partial charge is 0.337 e. The van der Waals surface area contributed by atoms with E-state index >= 15 is 0 Å². The first-order valence-corrected chi connectivity index (χ1v) is 8.29. The van der Waals surface area contributed by atoms with Crippen molar-refractivity contribution in [1.82, 2.24) is 5.32 Å². The minimum absolute atomic E-state index is 0.0792. The number of carbonyl (C=O) groups is 2. The highest BCUT2D eigenvalue weighted by Gasteiger charge is 2.50. The summed E-state index contributed by atoms with van der Waals surface area (Å²) in [5.74, 6) is -1.63. The van der Waals surface area contributed by atoms with Gasteiger partial charge in [-0.05, 0) is 37.3 Å². The van der Waals surface area contributed by atoms with Crippen molar-refractivity contribution >= 4 is 17.7 Å². The number of nitrogens with one attached hydrogen (secondary N) is 1. The number of hydrogen-bond donors (Lipinski definition) is 1. The van der Waals surface area contributed by atoms with Gasteiger partial charge in [0.15, 0.2) is 5.72 Å². The van der Waals surface area contributed by atoms with Gasteiger partial charge < -0.3 is 14.8 Å². The molecule has 1 saturated heterocycles. The van der Waals surface area contributed by atoms with E-state index in [1.165, 1.54) is 13.2 Å². The molecule has 1 N–H and O–H groups in total. The van der Waals surface area contributed by atoms with E-state index in [1.54, 1.807) is 25.1 Å². The SMILES string of the molecule is COC(=O)c1ccc2c(c1)[C@@H]1C[C@](C)(O2)N(c2ccc(F)cc2F)C(=O)N1. The van der Waals surface area contributed by atoms with Crippen LogP contribution in [0.25, 0.3) is 0 Å². The number of nitrogens with zero attached hydrogens (tertiary/aromatic N) is 1. The molecule has 2 aliphatic rings. The van der Waals surface area contributed by atoms with Crippen molar-refractivity contribution in [2.75, 3.05) is 12.0 Å². The van der Waals surface area contributed by atoms with Crippen LogP contribution in [-0.2, 0) is 4.74 Å². The maximum Gasteiger partial charge on any atom is 0.337 e. The lowest BCUT2D eigenvalue weighted by molar-refractivity contribution is 0.0372. The van der Waals surface area contributed by atoms with E-state index in [1.807, 2.05) is 0 Å². The second kappa shape index (κ2) is 5.94. The molecule has 0 unspecified atom stereocenters. The Kier molecular flexibility index (Phi) is 3.80. The number of carbonyl (C=O) groups excluding carboxylic acids is 2. The number of ether oxygens (including phenoxy) is 2. The van der Waals surface area contributed by atoms with Crippen LogP contribution in [-0.4, -0.2) is 24.8 Å². The molecule has 2 aliphatic heterocycles. The van der Waals surface area contributed by atoms with Gasteiger partial charge in [-0.2, -0.15) is 0 Å². The van der Waals surface area contributed by atoms with E-state index < -0.39 is 35.4 Å². The number of hydrogen-bond acceptors (Lipinski definition) is 4. The fraction of sp³-hybridized carbons (Fsp3) is 0.263. The van der Waals surface area contributed by atoms with Crippen LogP contribution >= 0.6 is 0 Å². The number of anilines is 1. The monoisotopic (exact) mass is 374 g/mol. The highest BCUT2D eigenvalue weighted by atomic mass is 19.1. The summed E-state index contributed by atoms with van der Waals surface area (Å²) >= 11 is 0. The fourth-order valence-electron chi connectivity index (χ4n) is 3.65. The summed E-state index contributed by atoms with van der Waals surface area (Å²) in [6, 6.07) is 6.79. The third-order valence-electron chi connectivity index (χ3n) is 4.84. The molecule has 0 saturated carbocycles. The van der Waals surface area contributed by atoms with Crippen molar-refractivity contribution in [3.05, 3.63) is 59.2 Å². The number of urea groups is 1. The number of amides is 2. The molecule has 0 aliphatic carbocycles. The summed E-state index contributed by atoms with van der Waals surface area (Å²) in [6.45, 7) is 1.67. The summed E-state index contributed by atoms with van der Waals surface area (Å²) in [5, 5.41) is 2.80. The van der Waals surface area contributed by atoms with Crippen molar-refractivity contribution in [1.29, 1.82) is 0 Å². The molecule has 27 heavy (non-hydrogen) atoms. The zero-order chi connectivity index (χ0) is 19.3. The van der Waals surface area contributed by atoms with E-state index in [-0.39, 0.29) is 5.69 Å². The molecule has 2 amide bonds. The van der Waals surface area contributed by atoms with Gasteiger partial charge in [0.25, 0.3) is 0 Å². The van der Waals surface area contributed by atoms with Gasteiger partial charge in [-0.15, -0.1) is 0 Å². The van der Waals surface area contributed by atoms with E-state index in [9.17, 15) is 18.4 Å². The highest BCUT2D eigenvalue weighted by molar-refractivity contribution is 5.95. The Morgan fingerprint density at radius 2 is 2.07 bits per heavy atom. The number of methoxy groups -OCH3 is 1. The Labute approximate surface area is 153 Å². The predicted molar refractivity (Wildman–Crippen MR) is 91.5 cm³/mol. The minimum atomic E-state index is -1.18. The quantitative estimate of drug-likeness (QED) is 0.817. The summed E-state index contributed by atoms with van der Waals surface area (Å²) < 4.78 is 38.3. The molecule has 2 aromatic rings. The van der Waals surface area contributed by atoms with Gasteiger partial charge in [-0.1, -0.05) is 0 Å². The van der Waals surface area contributed by atoms with Gasteiger partial charge >= 0.3 is 12.0 Å². The lowest BCUT2D eigenvalue weighted by Crippen LogP contribution is -2.65. The Morgan fingerprint density at radius 1 is 1.30 bits per heavy atom. The maximum absolute atomic E-state index is 14.3. The summed E-state index contributed by atoms with van der Waals surface area (Å²) in [7, 11) is 1.28. The average Bonchev–Trinajstić information content (AvgIpc) is 2.62. The van der Waals surface area contributed by atoms with Crippen molar-refractivity contribution in [3.8, 4) is 5.75 Å². The van der Waals surface area contributed by atoms with E-state index in [4.69, 9.17) is 9.47 Å². The van der Waals surface area contributed by atoms with Crippen molar-refractivity contribution in [2.24, 2.45) is 0 Å². The predicted octanol–water partition coefficient (Wildman–Crippen LogP) is 3.52. The zero-order valence-corrected chi connectivity index (χ0v) is 14.6. The minimum Gasteiger partial charge on any atom is -0.467 e.